The molecular formula is C21H26FN5O4. The number of aromatic nitrogens is 2. The number of ether oxygens (including phenoxy) is 2. The molecule has 2 saturated heterocycles. The van der Waals surface area contributed by atoms with Crippen molar-refractivity contribution in [1.29, 1.82) is 0 Å². The highest BCUT2D eigenvalue weighted by molar-refractivity contribution is 5.82. The first-order valence-corrected chi connectivity index (χ1v) is 10.4. The monoisotopic (exact) mass is 431 g/mol. The first kappa shape index (κ1) is 21.3. The minimum absolute atomic E-state index is 0.0118. The second-order valence-corrected chi connectivity index (χ2v) is 7.63. The maximum Gasteiger partial charge on any atom is 0.236 e. The molecule has 1 atom stereocenters. The van der Waals surface area contributed by atoms with Crippen molar-refractivity contribution in [3.05, 3.63) is 47.5 Å². The maximum absolute atomic E-state index is 13.2. The van der Waals surface area contributed by atoms with Crippen LogP contribution in [0.25, 0.3) is 0 Å². The third-order valence-corrected chi connectivity index (χ3v) is 5.31. The molecule has 9 nitrogen and oxygen atoms in total. The molecule has 10 heteroatoms. The minimum Gasteiger partial charge on any atom is -0.493 e. The zero-order chi connectivity index (χ0) is 21.6. The van der Waals surface area contributed by atoms with E-state index in [9.17, 15) is 14.0 Å². The van der Waals surface area contributed by atoms with E-state index < -0.39 is 0 Å². The number of carbonyl (C=O) groups excluding carboxylic acids is 2. The summed E-state index contributed by atoms with van der Waals surface area (Å²) in [7, 11) is 0. The lowest BCUT2D eigenvalue weighted by atomic mass is 10.2. The molecule has 2 aliphatic heterocycles. The molecule has 2 aliphatic rings. The van der Waals surface area contributed by atoms with Crippen molar-refractivity contribution in [2.24, 2.45) is 0 Å². The molecule has 1 unspecified atom stereocenters. The highest BCUT2D eigenvalue weighted by Gasteiger charge is 2.29. The van der Waals surface area contributed by atoms with E-state index in [0.717, 1.165) is 11.4 Å². The Balaban J connectivity index is 1.27. The van der Waals surface area contributed by atoms with Gasteiger partial charge < -0.3 is 19.7 Å². The van der Waals surface area contributed by atoms with Gasteiger partial charge in [-0.2, -0.15) is 5.10 Å². The second-order valence-electron chi connectivity index (χ2n) is 7.63. The van der Waals surface area contributed by atoms with Crippen molar-refractivity contribution in [2.45, 2.75) is 12.5 Å². The average molecular weight is 431 g/mol. The van der Waals surface area contributed by atoms with Crippen LogP contribution >= 0.6 is 0 Å². The normalized spacial score (nSPS) is 19.8. The van der Waals surface area contributed by atoms with E-state index in [2.05, 4.69) is 15.5 Å². The van der Waals surface area contributed by atoms with Crippen molar-refractivity contribution in [2.75, 3.05) is 52.5 Å². The molecule has 0 aliphatic carbocycles. The number of nitrogens with zero attached hydrogens (tertiary/aromatic N) is 3. The van der Waals surface area contributed by atoms with Gasteiger partial charge in [0.25, 0.3) is 0 Å². The molecule has 0 radical (unpaired) electrons. The molecule has 0 saturated carbocycles. The molecule has 0 spiro atoms. The van der Waals surface area contributed by atoms with E-state index in [1.54, 1.807) is 17.0 Å². The SMILES string of the molecule is O=C1CN(CC(=O)N2CCOC(c3cc(CCOc4cccc(F)c4)[nH]n3)C2)CCN1. The number of piperazine rings is 1. The number of rotatable bonds is 7. The number of morpholine rings is 1. The van der Waals surface area contributed by atoms with Gasteiger partial charge in [0, 0.05) is 37.8 Å². The van der Waals surface area contributed by atoms with Crippen LogP contribution in [-0.4, -0.2) is 84.3 Å². The summed E-state index contributed by atoms with van der Waals surface area (Å²) in [5.74, 6) is 0.0840. The van der Waals surface area contributed by atoms with E-state index in [0.29, 0.717) is 51.6 Å². The Hall–Kier alpha value is -2.98. The number of carbonyl (C=O) groups is 2. The zero-order valence-corrected chi connectivity index (χ0v) is 17.2. The number of benzene rings is 1. The third kappa shape index (κ3) is 5.80. The molecule has 4 rings (SSSR count). The third-order valence-electron chi connectivity index (χ3n) is 5.31. The van der Waals surface area contributed by atoms with E-state index in [1.807, 2.05) is 11.0 Å². The predicted molar refractivity (Wildman–Crippen MR) is 109 cm³/mol. The molecule has 2 N–H and O–H groups in total. The van der Waals surface area contributed by atoms with Crippen LogP contribution in [0.5, 0.6) is 5.75 Å². The Labute approximate surface area is 179 Å². The Bertz CT molecular complexity index is 921. The Morgan fingerprint density at radius 2 is 2.23 bits per heavy atom. The fourth-order valence-electron chi connectivity index (χ4n) is 3.68. The van der Waals surface area contributed by atoms with Crippen molar-refractivity contribution in [3.8, 4) is 5.75 Å². The number of hydrogen-bond acceptors (Lipinski definition) is 6. The van der Waals surface area contributed by atoms with Crippen molar-refractivity contribution in [1.82, 2.24) is 25.3 Å². The summed E-state index contributed by atoms with van der Waals surface area (Å²) in [6, 6.07) is 7.93. The zero-order valence-electron chi connectivity index (χ0n) is 17.2. The van der Waals surface area contributed by atoms with Crippen LogP contribution in [0.3, 0.4) is 0 Å². The molecular weight excluding hydrogens is 405 g/mol. The molecule has 2 amide bonds. The quantitative estimate of drug-likeness (QED) is 0.663. The van der Waals surface area contributed by atoms with Gasteiger partial charge in [-0.3, -0.25) is 19.6 Å². The standard InChI is InChI=1S/C21H26FN5O4/c22-15-2-1-3-17(10-15)30-8-4-16-11-18(25-24-16)19-12-27(7-9-31-19)21(29)14-26-6-5-23-20(28)13-26/h1-3,10-11,19H,4-9,12-14H2,(H,23,28)(H,24,25). The largest absolute Gasteiger partial charge is 0.493 e. The van der Waals surface area contributed by atoms with Gasteiger partial charge in [0.15, 0.2) is 0 Å². The summed E-state index contributed by atoms with van der Waals surface area (Å²) in [5, 5.41) is 10.1. The predicted octanol–water partition coefficient (Wildman–Crippen LogP) is 0.502. The van der Waals surface area contributed by atoms with Crippen LogP contribution in [0.1, 0.15) is 17.5 Å². The van der Waals surface area contributed by atoms with Gasteiger partial charge in [-0.05, 0) is 18.2 Å². The molecule has 2 aromatic rings. The summed E-state index contributed by atoms with van der Waals surface area (Å²) in [6.45, 7) is 3.47. The first-order chi connectivity index (χ1) is 15.1. The van der Waals surface area contributed by atoms with E-state index in [-0.39, 0.29) is 36.8 Å². The number of nitrogens with one attached hydrogen (secondary N) is 2. The molecule has 0 bridgehead atoms. The maximum atomic E-state index is 13.2. The number of aromatic amines is 1. The highest BCUT2D eigenvalue weighted by Crippen LogP contribution is 2.22. The second kappa shape index (κ2) is 9.88. The van der Waals surface area contributed by atoms with Crippen LogP contribution in [0.2, 0.25) is 0 Å². The van der Waals surface area contributed by atoms with Gasteiger partial charge in [-0.25, -0.2) is 4.39 Å². The van der Waals surface area contributed by atoms with E-state index >= 15 is 0 Å². The van der Waals surface area contributed by atoms with Crippen LogP contribution in [-0.2, 0) is 20.7 Å². The lowest BCUT2D eigenvalue weighted by molar-refractivity contribution is -0.141. The molecule has 31 heavy (non-hydrogen) atoms. The fourth-order valence-corrected chi connectivity index (χ4v) is 3.68. The highest BCUT2D eigenvalue weighted by atomic mass is 19.1. The smallest absolute Gasteiger partial charge is 0.236 e. The molecule has 2 fully saturated rings. The Morgan fingerprint density at radius 3 is 3.06 bits per heavy atom. The molecule has 166 valence electrons. The number of halogens is 1. The van der Waals surface area contributed by atoms with Gasteiger partial charge in [0.05, 0.1) is 38.5 Å². The summed E-state index contributed by atoms with van der Waals surface area (Å²) in [6.07, 6.45) is 0.270. The van der Waals surface area contributed by atoms with Crippen LogP contribution in [0, 0.1) is 5.82 Å². The first-order valence-electron chi connectivity index (χ1n) is 10.4. The van der Waals surface area contributed by atoms with Crippen molar-refractivity contribution < 1.29 is 23.5 Å². The van der Waals surface area contributed by atoms with Gasteiger partial charge in [-0.15, -0.1) is 0 Å². The van der Waals surface area contributed by atoms with Gasteiger partial charge >= 0.3 is 0 Å². The lowest BCUT2D eigenvalue weighted by Gasteiger charge is -2.34. The Morgan fingerprint density at radius 1 is 1.32 bits per heavy atom. The number of hydrogen-bond donors (Lipinski definition) is 2. The number of amides is 2. The fraction of sp³-hybridized carbons (Fsp3) is 0.476. The molecule has 3 heterocycles. The topological polar surface area (TPSA) is 99.8 Å². The van der Waals surface area contributed by atoms with Crippen LogP contribution in [0.4, 0.5) is 4.39 Å². The van der Waals surface area contributed by atoms with Crippen LogP contribution < -0.4 is 10.1 Å². The van der Waals surface area contributed by atoms with E-state index in [4.69, 9.17) is 9.47 Å². The molecule has 1 aromatic heterocycles. The summed E-state index contributed by atoms with van der Waals surface area (Å²) < 4.78 is 24.6. The number of H-pyrrole nitrogens is 1. The van der Waals surface area contributed by atoms with Gasteiger partial charge in [0.1, 0.15) is 17.7 Å². The van der Waals surface area contributed by atoms with E-state index in [1.165, 1.54) is 12.1 Å². The van der Waals surface area contributed by atoms with Gasteiger partial charge in [0.2, 0.25) is 11.8 Å². The van der Waals surface area contributed by atoms with Gasteiger partial charge in [-0.1, -0.05) is 6.07 Å². The summed E-state index contributed by atoms with van der Waals surface area (Å²) >= 11 is 0. The van der Waals surface area contributed by atoms with Crippen molar-refractivity contribution >= 4 is 11.8 Å². The molecule has 1 aromatic carbocycles. The summed E-state index contributed by atoms with van der Waals surface area (Å²) in [4.78, 5) is 27.8. The minimum atomic E-state index is -0.335. The average Bonchev–Trinajstić information content (AvgIpc) is 3.23. The summed E-state index contributed by atoms with van der Waals surface area (Å²) in [5.41, 5.74) is 1.60. The van der Waals surface area contributed by atoms with Crippen molar-refractivity contribution in [3.63, 3.8) is 0 Å². The Kier molecular flexibility index (Phi) is 6.78. The lowest BCUT2D eigenvalue weighted by Crippen LogP contribution is -2.52. The van der Waals surface area contributed by atoms with Crippen LogP contribution in [0.15, 0.2) is 30.3 Å².